The van der Waals surface area contributed by atoms with Gasteiger partial charge in [-0.25, -0.2) is 4.98 Å². The fraction of sp³-hybridized carbons (Fsp3) is 0.286. The number of thiazole rings is 1. The Morgan fingerprint density at radius 3 is 2.50 bits per heavy atom. The number of halogens is 3. The second-order valence-electron chi connectivity index (χ2n) is 2.86. The van der Waals surface area contributed by atoms with Gasteiger partial charge in [-0.2, -0.15) is 13.2 Å². The van der Waals surface area contributed by atoms with Gasteiger partial charge in [-0.15, -0.1) is 16.4 Å². The molecule has 0 aliphatic heterocycles. The van der Waals surface area contributed by atoms with Gasteiger partial charge in [-0.1, -0.05) is 4.49 Å². The predicted octanol–water partition coefficient (Wildman–Crippen LogP) is 2.06. The third-order valence-corrected chi connectivity index (χ3v) is 3.63. The lowest BCUT2D eigenvalue weighted by Crippen LogP contribution is -2.08. The maximum atomic E-state index is 12.3. The van der Waals surface area contributed by atoms with Crippen LogP contribution < -0.4 is 5.73 Å². The largest absolute Gasteiger partial charge is 0.443 e. The standard InChI is InChI=1S/C7H5F3N4S2/c8-7(9,10)6-12-1-3(15-6)5(11)4-2-13-14-16-4/h1-2,5H,11H2. The molecule has 0 saturated carbocycles. The molecule has 0 saturated heterocycles. The van der Waals surface area contributed by atoms with Crippen LogP contribution in [0.5, 0.6) is 0 Å². The van der Waals surface area contributed by atoms with Crippen LogP contribution in [0.2, 0.25) is 0 Å². The lowest BCUT2D eigenvalue weighted by molar-refractivity contribution is -0.137. The molecule has 0 fully saturated rings. The lowest BCUT2D eigenvalue weighted by Gasteiger charge is -2.03. The van der Waals surface area contributed by atoms with E-state index in [1.807, 2.05) is 0 Å². The van der Waals surface area contributed by atoms with E-state index in [0.29, 0.717) is 21.1 Å². The minimum absolute atomic E-state index is 0.346. The first-order valence-electron chi connectivity index (χ1n) is 4.04. The third kappa shape index (κ3) is 2.20. The first kappa shape index (κ1) is 11.4. The summed E-state index contributed by atoms with van der Waals surface area (Å²) < 4.78 is 40.5. The zero-order chi connectivity index (χ0) is 11.8. The maximum absolute atomic E-state index is 12.3. The van der Waals surface area contributed by atoms with Gasteiger partial charge in [0.05, 0.1) is 17.1 Å². The molecule has 2 rings (SSSR count). The minimum Gasteiger partial charge on any atom is -0.319 e. The van der Waals surface area contributed by atoms with E-state index in [2.05, 4.69) is 14.6 Å². The normalized spacial score (nSPS) is 14.0. The average Bonchev–Trinajstić information content (AvgIpc) is 2.87. The first-order chi connectivity index (χ1) is 7.48. The van der Waals surface area contributed by atoms with Crippen LogP contribution >= 0.6 is 22.9 Å². The van der Waals surface area contributed by atoms with Crippen molar-refractivity contribution in [3.05, 3.63) is 27.2 Å². The number of rotatable bonds is 2. The van der Waals surface area contributed by atoms with Crippen molar-refractivity contribution < 1.29 is 13.2 Å². The Morgan fingerprint density at radius 2 is 2.00 bits per heavy atom. The summed E-state index contributed by atoms with van der Waals surface area (Å²) in [7, 11) is 0. The van der Waals surface area contributed by atoms with E-state index in [1.54, 1.807) is 0 Å². The summed E-state index contributed by atoms with van der Waals surface area (Å²) in [4.78, 5) is 4.25. The average molecular weight is 266 g/mol. The second kappa shape index (κ2) is 4.07. The maximum Gasteiger partial charge on any atom is 0.443 e. The smallest absolute Gasteiger partial charge is 0.319 e. The summed E-state index contributed by atoms with van der Waals surface area (Å²) in [5.41, 5.74) is 5.75. The highest BCUT2D eigenvalue weighted by molar-refractivity contribution is 7.12. The quantitative estimate of drug-likeness (QED) is 0.903. The molecule has 0 spiro atoms. The van der Waals surface area contributed by atoms with Crippen LogP contribution in [-0.2, 0) is 6.18 Å². The Hall–Kier alpha value is -1.06. The van der Waals surface area contributed by atoms with E-state index in [-0.39, 0.29) is 0 Å². The van der Waals surface area contributed by atoms with Gasteiger partial charge in [0, 0.05) is 11.1 Å². The van der Waals surface area contributed by atoms with Crippen molar-refractivity contribution in [3.8, 4) is 0 Å². The molecule has 0 radical (unpaired) electrons. The van der Waals surface area contributed by atoms with Gasteiger partial charge < -0.3 is 5.73 Å². The Morgan fingerprint density at radius 1 is 1.25 bits per heavy atom. The number of aromatic nitrogens is 3. The van der Waals surface area contributed by atoms with Gasteiger partial charge in [-0.05, 0) is 11.5 Å². The Labute approximate surface area is 96.1 Å². The lowest BCUT2D eigenvalue weighted by atomic mass is 10.2. The van der Waals surface area contributed by atoms with E-state index in [1.165, 1.54) is 6.20 Å². The van der Waals surface area contributed by atoms with Gasteiger partial charge in [0.2, 0.25) is 0 Å². The van der Waals surface area contributed by atoms with Crippen LogP contribution in [0.15, 0.2) is 12.4 Å². The zero-order valence-corrected chi connectivity index (χ0v) is 9.23. The zero-order valence-electron chi connectivity index (χ0n) is 7.60. The molecular weight excluding hydrogens is 261 g/mol. The van der Waals surface area contributed by atoms with Crippen molar-refractivity contribution in [3.63, 3.8) is 0 Å². The summed E-state index contributed by atoms with van der Waals surface area (Å²) in [6.45, 7) is 0. The van der Waals surface area contributed by atoms with E-state index in [9.17, 15) is 13.2 Å². The number of hydrogen-bond acceptors (Lipinski definition) is 6. The molecule has 2 heterocycles. The summed E-state index contributed by atoms with van der Waals surface area (Å²) in [5, 5.41) is 2.68. The van der Waals surface area contributed by atoms with Crippen LogP contribution in [0, 0.1) is 0 Å². The van der Waals surface area contributed by atoms with Crippen molar-refractivity contribution in [2.75, 3.05) is 0 Å². The van der Waals surface area contributed by atoms with Crippen molar-refractivity contribution >= 4 is 22.9 Å². The number of hydrogen-bond donors (Lipinski definition) is 1. The van der Waals surface area contributed by atoms with E-state index >= 15 is 0 Å². The highest BCUT2D eigenvalue weighted by atomic mass is 32.1. The van der Waals surface area contributed by atoms with E-state index in [4.69, 9.17) is 5.73 Å². The minimum atomic E-state index is -4.42. The molecule has 1 unspecified atom stereocenters. The number of nitrogens with two attached hydrogens (primary N) is 1. The molecule has 0 amide bonds. The molecule has 0 aromatic carbocycles. The molecule has 1 atom stereocenters. The van der Waals surface area contributed by atoms with Crippen molar-refractivity contribution in [2.45, 2.75) is 12.2 Å². The molecule has 86 valence electrons. The summed E-state index contributed by atoms with van der Waals surface area (Å²) in [5.74, 6) is 0. The monoisotopic (exact) mass is 266 g/mol. The Balaban J connectivity index is 2.26. The molecule has 4 nitrogen and oxygen atoms in total. The highest BCUT2D eigenvalue weighted by Crippen LogP contribution is 2.35. The molecule has 0 aliphatic carbocycles. The van der Waals surface area contributed by atoms with Gasteiger partial charge in [0.15, 0.2) is 5.01 Å². The second-order valence-corrected chi connectivity index (χ2v) is 4.74. The van der Waals surface area contributed by atoms with Gasteiger partial charge in [0.1, 0.15) is 0 Å². The van der Waals surface area contributed by atoms with Crippen molar-refractivity contribution in [1.29, 1.82) is 0 Å². The summed E-state index contributed by atoms with van der Waals surface area (Å²) in [6, 6.07) is -0.645. The molecule has 16 heavy (non-hydrogen) atoms. The molecule has 2 aromatic rings. The van der Waals surface area contributed by atoms with E-state index < -0.39 is 17.2 Å². The summed E-state index contributed by atoms with van der Waals surface area (Å²) in [6.07, 6.45) is -1.85. The molecule has 2 aromatic heterocycles. The Bertz CT molecular complexity index is 464. The fourth-order valence-electron chi connectivity index (χ4n) is 1.01. The third-order valence-electron chi connectivity index (χ3n) is 1.76. The molecule has 2 N–H and O–H groups in total. The fourth-order valence-corrected chi connectivity index (χ4v) is 2.42. The van der Waals surface area contributed by atoms with Crippen LogP contribution in [0.1, 0.15) is 20.8 Å². The van der Waals surface area contributed by atoms with E-state index in [0.717, 1.165) is 17.7 Å². The predicted molar refractivity (Wildman–Crippen MR) is 53.1 cm³/mol. The number of nitrogens with zero attached hydrogens (tertiary/aromatic N) is 3. The van der Waals surface area contributed by atoms with Crippen LogP contribution in [0.25, 0.3) is 0 Å². The SMILES string of the molecule is NC(c1cnns1)c1cnc(C(F)(F)F)s1. The summed E-state index contributed by atoms with van der Waals surface area (Å²) >= 11 is 1.59. The number of alkyl halides is 3. The van der Waals surface area contributed by atoms with Crippen molar-refractivity contribution in [1.82, 2.24) is 14.6 Å². The van der Waals surface area contributed by atoms with Gasteiger partial charge >= 0.3 is 6.18 Å². The van der Waals surface area contributed by atoms with Gasteiger partial charge in [0.25, 0.3) is 0 Å². The van der Waals surface area contributed by atoms with Crippen LogP contribution in [-0.4, -0.2) is 14.6 Å². The molecule has 9 heteroatoms. The molecular formula is C7H5F3N4S2. The molecule has 0 bridgehead atoms. The Kier molecular flexibility index (Phi) is 2.91. The van der Waals surface area contributed by atoms with Gasteiger partial charge in [-0.3, -0.25) is 0 Å². The first-order valence-corrected chi connectivity index (χ1v) is 5.63. The topological polar surface area (TPSA) is 64.7 Å². The molecule has 0 aliphatic rings. The van der Waals surface area contributed by atoms with Crippen molar-refractivity contribution in [2.24, 2.45) is 5.73 Å². The highest BCUT2D eigenvalue weighted by Gasteiger charge is 2.35. The van der Waals surface area contributed by atoms with Crippen LogP contribution in [0.3, 0.4) is 0 Å². The van der Waals surface area contributed by atoms with Crippen LogP contribution in [0.4, 0.5) is 13.2 Å².